The zero-order chi connectivity index (χ0) is 19.2. The standard InChI is InChI=1S/C22H27N3O2/c1-4-25-19-12-7-6-11-18(19)23-21(25)16-24(3)22(26)14-9-15-27-20-13-8-5-10-17(20)2/h5-8,10-13H,4,9,14-16H2,1-3H3. The highest BCUT2D eigenvalue weighted by Crippen LogP contribution is 2.18. The van der Waals surface area contributed by atoms with E-state index in [4.69, 9.17) is 9.72 Å². The maximum atomic E-state index is 12.5. The predicted molar refractivity (Wildman–Crippen MR) is 108 cm³/mol. The number of hydrogen-bond donors (Lipinski definition) is 0. The van der Waals surface area contributed by atoms with Gasteiger partial charge < -0.3 is 14.2 Å². The normalized spacial score (nSPS) is 10.9. The van der Waals surface area contributed by atoms with Crippen molar-refractivity contribution < 1.29 is 9.53 Å². The molecule has 0 bridgehead atoms. The van der Waals surface area contributed by atoms with Gasteiger partial charge >= 0.3 is 0 Å². The third-order valence-corrected chi connectivity index (χ3v) is 4.74. The molecule has 0 aliphatic heterocycles. The van der Waals surface area contributed by atoms with E-state index in [1.807, 2.05) is 56.4 Å². The maximum absolute atomic E-state index is 12.5. The van der Waals surface area contributed by atoms with Crippen molar-refractivity contribution in [3.05, 3.63) is 59.9 Å². The molecule has 142 valence electrons. The molecule has 5 nitrogen and oxygen atoms in total. The number of aryl methyl sites for hydroxylation is 2. The maximum Gasteiger partial charge on any atom is 0.222 e. The zero-order valence-corrected chi connectivity index (χ0v) is 16.3. The number of para-hydroxylation sites is 3. The summed E-state index contributed by atoms with van der Waals surface area (Å²) in [6.45, 7) is 6.01. The van der Waals surface area contributed by atoms with Gasteiger partial charge in [-0.3, -0.25) is 4.79 Å². The second-order valence-corrected chi connectivity index (χ2v) is 6.73. The predicted octanol–water partition coefficient (Wildman–Crippen LogP) is 4.18. The number of carbonyl (C=O) groups is 1. The third-order valence-electron chi connectivity index (χ3n) is 4.74. The highest BCUT2D eigenvalue weighted by Gasteiger charge is 2.15. The van der Waals surface area contributed by atoms with Gasteiger partial charge in [0.25, 0.3) is 0 Å². The molecule has 0 saturated carbocycles. The highest BCUT2D eigenvalue weighted by molar-refractivity contribution is 5.77. The second kappa shape index (κ2) is 8.71. The molecule has 0 unspecified atom stereocenters. The Kier molecular flexibility index (Phi) is 6.12. The van der Waals surface area contributed by atoms with E-state index in [1.54, 1.807) is 4.90 Å². The van der Waals surface area contributed by atoms with Gasteiger partial charge in [0.05, 0.1) is 24.2 Å². The Bertz CT molecular complexity index is 917. The molecular formula is C22H27N3O2. The number of fused-ring (bicyclic) bond motifs is 1. The molecule has 0 aliphatic rings. The lowest BCUT2D eigenvalue weighted by molar-refractivity contribution is -0.130. The van der Waals surface area contributed by atoms with Gasteiger partial charge in [-0.1, -0.05) is 30.3 Å². The molecule has 27 heavy (non-hydrogen) atoms. The van der Waals surface area contributed by atoms with Gasteiger partial charge in [-0.05, 0) is 44.0 Å². The molecule has 0 radical (unpaired) electrons. The van der Waals surface area contributed by atoms with Crippen molar-refractivity contribution in [3.63, 3.8) is 0 Å². The van der Waals surface area contributed by atoms with Crippen molar-refractivity contribution in [2.45, 2.75) is 39.8 Å². The van der Waals surface area contributed by atoms with Crippen molar-refractivity contribution >= 4 is 16.9 Å². The molecule has 0 saturated heterocycles. The molecule has 0 fully saturated rings. The minimum absolute atomic E-state index is 0.109. The molecule has 1 amide bonds. The Morgan fingerprint density at radius 1 is 1.15 bits per heavy atom. The number of rotatable bonds is 8. The summed E-state index contributed by atoms with van der Waals surface area (Å²) >= 11 is 0. The summed E-state index contributed by atoms with van der Waals surface area (Å²) in [5.41, 5.74) is 3.20. The van der Waals surface area contributed by atoms with Crippen LogP contribution in [0.4, 0.5) is 0 Å². The number of benzene rings is 2. The van der Waals surface area contributed by atoms with Gasteiger partial charge in [0.2, 0.25) is 5.91 Å². The largest absolute Gasteiger partial charge is 0.493 e. The molecule has 3 aromatic rings. The summed E-state index contributed by atoms with van der Waals surface area (Å²) in [7, 11) is 1.84. The first-order valence-corrected chi connectivity index (χ1v) is 9.46. The quantitative estimate of drug-likeness (QED) is 0.563. The van der Waals surface area contributed by atoms with Crippen LogP contribution < -0.4 is 4.74 Å². The minimum atomic E-state index is 0.109. The Morgan fingerprint density at radius 3 is 2.67 bits per heavy atom. The third kappa shape index (κ3) is 4.48. The van der Waals surface area contributed by atoms with Crippen molar-refractivity contribution in [3.8, 4) is 5.75 Å². The van der Waals surface area contributed by atoms with Gasteiger partial charge in [0.1, 0.15) is 11.6 Å². The van der Waals surface area contributed by atoms with Crippen LogP contribution in [0.15, 0.2) is 48.5 Å². The summed E-state index contributed by atoms with van der Waals surface area (Å²) in [6.07, 6.45) is 1.16. The lowest BCUT2D eigenvalue weighted by atomic mass is 10.2. The SMILES string of the molecule is CCn1c(CN(C)C(=O)CCCOc2ccccc2C)nc2ccccc21. The summed E-state index contributed by atoms with van der Waals surface area (Å²) in [5.74, 6) is 1.92. The summed E-state index contributed by atoms with van der Waals surface area (Å²) in [5, 5.41) is 0. The number of aromatic nitrogens is 2. The van der Waals surface area contributed by atoms with Crippen LogP contribution >= 0.6 is 0 Å². The Balaban J connectivity index is 1.53. The van der Waals surface area contributed by atoms with E-state index in [9.17, 15) is 4.79 Å². The van der Waals surface area contributed by atoms with Crippen molar-refractivity contribution in [1.82, 2.24) is 14.5 Å². The molecule has 5 heteroatoms. The lowest BCUT2D eigenvalue weighted by Crippen LogP contribution is -2.27. The fraction of sp³-hybridized carbons (Fsp3) is 0.364. The van der Waals surface area contributed by atoms with E-state index < -0.39 is 0 Å². The van der Waals surface area contributed by atoms with E-state index in [0.29, 0.717) is 26.0 Å². The summed E-state index contributed by atoms with van der Waals surface area (Å²) in [4.78, 5) is 18.9. The number of amides is 1. The lowest BCUT2D eigenvalue weighted by Gasteiger charge is -2.18. The van der Waals surface area contributed by atoms with E-state index in [1.165, 1.54) is 0 Å². The summed E-state index contributed by atoms with van der Waals surface area (Å²) < 4.78 is 7.94. The monoisotopic (exact) mass is 365 g/mol. The minimum Gasteiger partial charge on any atom is -0.493 e. The Hall–Kier alpha value is -2.82. The molecule has 0 N–H and O–H groups in total. The smallest absolute Gasteiger partial charge is 0.222 e. The van der Waals surface area contributed by atoms with Crippen LogP contribution in [0.2, 0.25) is 0 Å². The number of nitrogens with zero attached hydrogens (tertiary/aromatic N) is 3. The van der Waals surface area contributed by atoms with Crippen molar-refractivity contribution in [1.29, 1.82) is 0 Å². The number of hydrogen-bond acceptors (Lipinski definition) is 3. The number of imidazole rings is 1. The number of ether oxygens (including phenoxy) is 1. The van der Waals surface area contributed by atoms with Gasteiger partial charge in [0.15, 0.2) is 0 Å². The highest BCUT2D eigenvalue weighted by atomic mass is 16.5. The van der Waals surface area contributed by atoms with Crippen LogP contribution in [0.25, 0.3) is 11.0 Å². The van der Waals surface area contributed by atoms with Gasteiger partial charge in [-0.25, -0.2) is 4.98 Å². The molecule has 0 atom stereocenters. The molecule has 1 aromatic heterocycles. The van der Waals surface area contributed by atoms with Crippen LogP contribution in [0.5, 0.6) is 5.75 Å². The van der Waals surface area contributed by atoms with Crippen LogP contribution in [0.1, 0.15) is 31.2 Å². The van der Waals surface area contributed by atoms with Crippen LogP contribution in [-0.4, -0.2) is 34.0 Å². The Morgan fingerprint density at radius 2 is 1.89 bits per heavy atom. The van der Waals surface area contributed by atoms with E-state index >= 15 is 0 Å². The Labute approximate surface area is 160 Å². The van der Waals surface area contributed by atoms with Crippen molar-refractivity contribution in [2.75, 3.05) is 13.7 Å². The average molecular weight is 365 g/mol. The van der Waals surface area contributed by atoms with Crippen LogP contribution in [-0.2, 0) is 17.9 Å². The summed E-state index contributed by atoms with van der Waals surface area (Å²) in [6, 6.07) is 16.0. The fourth-order valence-corrected chi connectivity index (χ4v) is 3.21. The van der Waals surface area contributed by atoms with Gasteiger partial charge in [-0.15, -0.1) is 0 Å². The van der Waals surface area contributed by atoms with Crippen LogP contribution in [0.3, 0.4) is 0 Å². The van der Waals surface area contributed by atoms with Gasteiger partial charge in [-0.2, -0.15) is 0 Å². The number of carbonyl (C=O) groups excluding carboxylic acids is 1. The fourth-order valence-electron chi connectivity index (χ4n) is 3.21. The van der Waals surface area contributed by atoms with E-state index in [0.717, 1.165) is 34.7 Å². The van der Waals surface area contributed by atoms with E-state index in [-0.39, 0.29) is 5.91 Å². The molecule has 3 rings (SSSR count). The average Bonchev–Trinajstić information content (AvgIpc) is 3.03. The zero-order valence-electron chi connectivity index (χ0n) is 16.3. The molecule has 1 heterocycles. The van der Waals surface area contributed by atoms with E-state index in [2.05, 4.69) is 17.6 Å². The van der Waals surface area contributed by atoms with Crippen molar-refractivity contribution in [2.24, 2.45) is 0 Å². The van der Waals surface area contributed by atoms with Crippen LogP contribution in [0, 0.1) is 6.92 Å². The molecule has 0 spiro atoms. The first kappa shape index (κ1) is 19.0. The van der Waals surface area contributed by atoms with Gasteiger partial charge in [0, 0.05) is 20.0 Å². The molecule has 0 aliphatic carbocycles. The second-order valence-electron chi connectivity index (χ2n) is 6.73. The molecule has 2 aromatic carbocycles. The first-order chi connectivity index (χ1) is 13.1. The molecular weight excluding hydrogens is 338 g/mol. The topological polar surface area (TPSA) is 47.4 Å². The first-order valence-electron chi connectivity index (χ1n) is 9.46.